The van der Waals surface area contributed by atoms with Crippen LogP contribution in [0.4, 0.5) is 0 Å². The van der Waals surface area contributed by atoms with Gasteiger partial charge in [0.2, 0.25) is 0 Å². The fourth-order valence-corrected chi connectivity index (χ4v) is 3.64. The summed E-state index contributed by atoms with van der Waals surface area (Å²) in [7, 11) is 0. The van der Waals surface area contributed by atoms with Crippen molar-refractivity contribution in [3.63, 3.8) is 0 Å². The van der Waals surface area contributed by atoms with Gasteiger partial charge in [-0.3, -0.25) is 4.79 Å². The molecule has 1 saturated heterocycles. The molecule has 4 unspecified atom stereocenters. The molecule has 0 spiro atoms. The molecule has 0 aromatic heterocycles. The van der Waals surface area contributed by atoms with Crippen LogP contribution in [0.2, 0.25) is 0 Å². The molecule has 5 nitrogen and oxygen atoms in total. The van der Waals surface area contributed by atoms with Gasteiger partial charge >= 0.3 is 5.97 Å². The molecule has 1 aliphatic carbocycles. The summed E-state index contributed by atoms with van der Waals surface area (Å²) in [5.74, 6) is -0.384. The van der Waals surface area contributed by atoms with Gasteiger partial charge in [0.15, 0.2) is 6.10 Å². The summed E-state index contributed by atoms with van der Waals surface area (Å²) in [6.45, 7) is 11.2. The van der Waals surface area contributed by atoms with Crippen LogP contribution in [-0.4, -0.2) is 40.8 Å². The zero-order valence-corrected chi connectivity index (χ0v) is 19.1. The minimum Gasteiger partial charge on any atom is -0.452 e. The van der Waals surface area contributed by atoms with Gasteiger partial charge in [0.25, 0.3) is 0 Å². The Labute approximate surface area is 180 Å². The van der Waals surface area contributed by atoms with Gasteiger partial charge in [0.1, 0.15) is 11.9 Å². The first-order valence-corrected chi connectivity index (χ1v) is 10.6. The highest BCUT2D eigenvalue weighted by Gasteiger charge is 2.58. The molecule has 1 heterocycles. The average Bonchev–Trinajstić information content (AvgIpc) is 3.28. The van der Waals surface area contributed by atoms with E-state index in [0.717, 1.165) is 17.4 Å². The first-order chi connectivity index (χ1) is 13.9. The van der Waals surface area contributed by atoms with Crippen LogP contribution in [0.5, 0.6) is 0 Å². The van der Waals surface area contributed by atoms with E-state index < -0.39 is 17.3 Å². The topological polar surface area (TPSA) is 76.1 Å². The summed E-state index contributed by atoms with van der Waals surface area (Å²) in [6, 6.07) is 0. The van der Waals surface area contributed by atoms with Crippen molar-refractivity contribution in [3.05, 3.63) is 47.6 Å². The van der Waals surface area contributed by atoms with Gasteiger partial charge in [-0.15, -0.1) is 0 Å². The normalized spacial score (nSPS) is 31.9. The van der Waals surface area contributed by atoms with Gasteiger partial charge < -0.3 is 14.6 Å². The Morgan fingerprint density at radius 3 is 2.67 bits per heavy atom. The van der Waals surface area contributed by atoms with E-state index in [9.17, 15) is 14.7 Å². The van der Waals surface area contributed by atoms with Crippen LogP contribution in [0, 0.1) is 5.41 Å². The third kappa shape index (κ3) is 7.06. The van der Waals surface area contributed by atoms with Gasteiger partial charge in [-0.1, -0.05) is 36.8 Å². The molecule has 0 amide bonds. The predicted octanol–water partition coefficient (Wildman–Crippen LogP) is 4.61. The summed E-state index contributed by atoms with van der Waals surface area (Å²) < 4.78 is 11.7. The monoisotopic (exact) mass is 416 g/mol. The average molecular weight is 417 g/mol. The van der Waals surface area contributed by atoms with Crippen LogP contribution in [0.15, 0.2) is 47.6 Å². The SMILES string of the molecule is CC(C)=CC(=O)OC1C=CC(C)(CC=CC(C)(C)O)CC=C(C=O)CCC2OC12C. The van der Waals surface area contributed by atoms with Crippen LogP contribution in [0.1, 0.15) is 67.2 Å². The number of allylic oxidation sites excluding steroid dienone is 5. The lowest BCUT2D eigenvalue weighted by Crippen LogP contribution is -2.32. The molecule has 5 heteroatoms. The third-order valence-electron chi connectivity index (χ3n) is 5.65. The molecule has 30 heavy (non-hydrogen) atoms. The molecule has 0 saturated carbocycles. The number of carbonyl (C=O) groups excluding carboxylic acids is 2. The first-order valence-electron chi connectivity index (χ1n) is 10.6. The van der Waals surface area contributed by atoms with E-state index >= 15 is 0 Å². The molecule has 2 aliphatic rings. The van der Waals surface area contributed by atoms with Crippen molar-refractivity contribution >= 4 is 12.3 Å². The molecule has 0 radical (unpaired) electrons. The van der Waals surface area contributed by atoms with Crippen molar-refractivity contribution in [1.29, 1.82) is 0 Å². The smallest absolute Gasteiger partial charge is 0.331 e. The molecule has 1 fully saturated rings. The van der Waals surface area contributed by atoms with E-state index in [4.69, 9.17) is 9.47 Å². The van der Waals surface area contributed by atoms with E-state index in [0.29, 0.717) is 25.7 Å². The summed E-state index contributed by atoms with van der Waals surface area (Å²) in [4.78, 5) is 23.8. The van der Waals surface area contributed by atoms with Gasteiger partial charge in [0.05, 0.1) is 11.7 Å². The number of aliphatic hydroxyl groups is 1. The molecule has 0 aromatic carbocycles. The second-order valence-electron chi connectivity index (χ2n) is 9.78. The van der Waals surface area contributed by atoms with Crippen LogP contribution >= 0.6 is 0 Å². The second kappa shape index (κ2) is 9.44. The predicted molar refractivity (Wildman–Crippen MR) is 118 cm³/mol. The number of aldehydes is 1. The maximum atomic E-state index is 12.3. The van der Waals surface area contributed by atoms with Gasteiger partial charge in [0, 0.05) is 6.08 Å². The minimum absolute atomic E-state index is 0.0607. The van der Waals surface area contributed by atoms with E-state index in [1.165, 1.54) is 6.08 Å². The first kappa shape index (κ1) is 24.3. The van der Waals surface area contributed by atoms with Crippen molar-refractivity contribution < 1.29 is 24.2 Å². The molecule has 166 valence electrons. The van der Waals surface area contributed by atoms with Crippen LogP contribution in [0.3, 0.4) is 0 Å². The number of fused-ring (bicyclic) bond motifs is 1. The summed E-state index contributed by atoms with van der Waals surface area (Å²) in [6.07, 6.45) is 14.2. The lowest BCUT2D eigenvalue weighted by molar-refractivity contribution is -0.143. The Hall–Kier alpha value is -1.98. The number of hydrogen-bond donors (Lipinski definition) is 1. The minimum atomic E-state index is -0.887. The van der Waals surface area contributed by atoms with Crippen LogP contribution < -0.4 is 0 Å². The molecule has 1 N–H and O–H groups in total. The molecule has 1 aliphatic heterocycles. The van der Waals surface area contributed by atoms with Crippen molar-refractivity contribution in [2.24, 2.45) is 5.41 Å². The van der Waals surface area contributed by atoms with Gasteiger partial charge in [-0.2, -0.15) is 0 Å². The highest BCUT2D eigenvalue weighted by atomic mass is 16.6. The third-order valence-corrected chi connectivity index (χ3v) is 5.65. The van der Waals surface area contributed by atoms with E-state index in [1.807, 2.05) is 39.0 Å². The Morgan fingerprint density at radius 2 is 2.07 bits per heavy atom. The highest BCUT2D eigenvalue weighted by Crippen LogP contribution is 2.45. The highest BCUT2D eigenvalue weighted by molar-refractivity contribution is 5.83. The Balaban J connectivity index is 2.33. The number of rotatable bonds is 6. The van der Waals surface area contributed by atoms with Crippen molar-refractivity contribution in [1.82, 2.24) is 0 Å². The van der Waals surface area contributed by atoms with Gasteiger partial charge in [-0.05, 0) is 77.4 Å². The summed E-state index contributed by atoms with van der Waals surface area (Å²) in [5.41, 5.74) is -0.145. The standard InChI is InChI=1S/C25H36O5/c1-18(2)16-22(27)29-20-11-15-24(5,13-7-12-23(3,4)28)14-10-19(17-26)8-9-21-25(20,6)30-21/h7,10-12,15-17,20-21,28H,8-9,13-14H2,1-6H3. The zero-order valence-electron chi connectivity index (χ0n) is 19.1. The molecular formula is C25H36O5. The quantitative estimate of drug-likeness (QED) is 0.225. The van der Waals surface area contributed by atoms with Crippen LogP contribution in [0.25, 0.3) is 0 Å². The zero-order chi connectivity index (χ0) is 22.6. The number of hydrogen-bond acceptors (Lipinski definition) is 5. The van der Waals surface area contributed by atoms with Crippen molar-refractivity contribution in [3.8, 4) is 0 Å². The lowest BCUT2D eigenvalue weighted by atomic mass is 9.81. The molecular weight excluding hydrogens is 380 g/mol. The number of esters is 1. The maximum absolute atomic E-state index is 12.3. The molecule has 2 rings (SSSR count). The summed E-state index contributed by atoms with van der Waals surface area (Å²) >= 11 is 0. The van der Waals surface area contributed by atoms with E-state index in [1.54, 1.807) is 19.9 Å². The Morgan fingerprint density at radius 1 is 1.37 bits per heavy atom. The van der Waals surface area contributed by atoms with Crippen molar-refractivity contribution in [2.75, 3.05) is 0 Å². The second-order valence-corrected chi connectivity index (χ2v) is 9.78. The maximum Gasteiger partial charge on any atom is 0.331 e. The lowest BCUT2D eigenvalue weighted by Gasteiger charge is -2.26. The molecule has 4 atom stereocenters. The Kier molecular flexibility index (Phi) is 7.64. The number of carbonyl (C=O) groups is 2. The number of epoxide rings is 1. The number of ether oxygens (including phenoxy) is 2. The Bertz CT molecular complexity index is 763. The van der Waals surface area contributed by atoms with E-state index in [2.05, 4.69) is 13.0 Å². The van der Waals surface area contributed by atoms with Gasteiger partial charge in [-0.25, -0.2) is 4.79 Å². The van der Waals surface area contributed by atoms with Crippen molar-refractivity contribution in [2.45, 2.75) is 90.6 Å². The fraction of sp³-hybridized carbons (Fsp3) is 0.600. The largest absolute Gasteiger partial charge is 0.452 e. The van der Waals surface area contributed by atoms with E-state index in [-0.39, 0.29) is 17.5 Å². The summed E-state index contributed by atoms with van der Waals surface area (Å²) in [5, 5.41) is 9.98. The molecule has 0 bridgehead atoms. The van der Waals surface area contributed by atoms with Crippen LogP contribution in [-0.2, 0) is 19.1 Å². The molecule has 0 aromatic rings. The fourth-order valence-electron chi connectivity index (χ4n) is 3.64.